The monoisotopic (exact) mass is 256 g/mol. The molecular weight excluding hydrogens is 236 g/mol. The van der Waals surface area contributed by atoms with Gasteiger partial charge in [0, 0.05) is 18.7 Å². The fourth-order valence-corrected chi connectivity index (χ4v) is 1.91. The predicted molar refractivity (Wildman–Crippen MR) is 70.0 cm³/mol. The Kier molecular flexibility index (Phi) is 4.99. The molecule has 0 atom stereocenters. The van der Waals surface area contributed by atoms with Crippen molar-refractivity contribution in [3.05, 3.63) is 0 Å². The van der Waals surface area contributed by atoms with Crippen molar-refractivity contribution in [1.29, 1.82) is 0 Å². The lowest BCUT2D eigenvalue weighted by Gasteiger charge is -2.07. The number of hydrogen-bond acceptors (Lipinski definition) is 4. The summed E-state index contributed by atoms with van der Waals surface area (Å²) in [4.78, 5) is 11.5. The highest BCUT2D eigenvalue weighted by atomic mass is 32.2. The fourth-order valence-electron chi connectivity index (χ4n) is 1.05. The Hall–Kier alpha value is -1.04. The molecular formula is C11H20N4OS. The van der Waals surface area contributed by atoms with Gasteiger partial charge in [-0.05, 0) is 5.92 Å². The first kappa shape index (κ1) is 14.0. The maximum atomic E-state index is 11.5. The molecule has 0 fully saturated rings. The maximum absolute atomic E-state index is 11.5. The largest absolute Gasteiger partial charge is 0.294 e. The van der Waals surface area contributed by atoms with Gasteiger partial charge in [-0.15, -0.1) is 10.2 Å². The standard InChI is InChI=1S/C11H20N4OS/c1-7(2)6-17-11-14-13-10(15(11)5)12-9(16)8(3)4/h7-8H,6H2,1-5H3,(H,12,13,16). The molecule has 1 heterocycles. The van der Waals surface area contributed by atoms with Crippen molar-refractivity contribution in [2.24, 2.45) is 18.9 Å². The number of anilines is 1. The van der Waals surface area contributed by atoms with Crippen LogP contribution in [-0.2, 0) is 11.8 Å². The van der Waals surface area contributed by atoms with Crippen molar-refractivity contribution in [2.45, 2.75) is 32.9 Å². The molecule has 0 spiro atoms. The van der Waals surface area contributed by atoms with E-state index >= 15 is 0 Å². The quantitative estimate of drug-likeness (QED) is 0.820. The summed E-state index contributed by atoms with van der Waals surface area (Å²) in [6, 6.07) is 0. The van der Waals surface area contributed by atoms with Gasteiger partial charge < -0.3 is 0 Å². The minimum absolute atomic E-state index is 0.0408. The van der Waals surface area contributed by atoms with E-state index in [0.717, 1.165) is 10.9 Å². The van der Waals surface area contributed by atoms with E-state index in [0.29, 0.717) is 11.9 Å². The number of carbonyl (C=O) groups excluding carboxylic acids is 1. The van der Waals surface area contributed by atoms with E-state index in [4.69, 9.17) is 0 Å². The Balaban J connectivity index is 2.67. The van der Waals surface area contributed by atoms with Gasteiger partial charge in [-0.3, -0.25) is 14.7 Å². The fraction of sp³-hybridized carbons (Fsp3) is 0.727. The molecule has 0 aromatic carbocycles. The summed E-state index contributed by atoms with van der Waals surface area (Å²) in [5.41, 5.74) is 0. The maximum Gasteiger partial charge on any atom is 0.231 e. The number of hydrogen-bond donors (Lipinski definition) is 1. The van der Waals surface area contributed by atoms with Crippen LogP contribution in [0.2, 0.25) is 0 Å². The third-order valence-corrected chi connectivity index (χ3v) is 3.59. The molecule has 0 radical (unpaired) electrons. The molecule has 1 rings (SSSR count). The van der Waals surface area contributed by atoms with Gasteiger partial charge >= 0.3 is 0 Å². The highest BCUT2D eigenvalue weighted by Gasteiger charge is 2.14. The number of rotatable bonds is 5. The highest BCUT2D eigenvalue weighted by molar-refractivity contribution is 7.99. The summed E-state index contributed by atoms with van der Waals surface area (Å²) in [6.45, 7) is 8.01. The number of amides is 1. The van der Waals surface area contributed by atoms with Gasteiger partial charge in [0.2, 0.25) is 11.9 Å². The van der Waals surface area contributed by atoms with E-state index in [1.165, 1.54) is 0 Å². The van der Waals surface area contributed by atoms with Crippen molar-refractivity contribution in [3.8, 4) is 0 Å². The van der Waals surface area contributed by atoms with Crippen LogP contribution in [0.4, 0.5) is 5.95 Å². The third-order valence-electron chi connectivity index (χ3n) is 2.14. The van der Waals surface area contributed by atoms with Gasteiger partial charge in [0.1, 0.15) is 0 Å². The van der Waals surface area contributed by atoms with Gasteiger partial charge in [-0.25, -0.2) is 0 Å². The zero-order chi connectivity index (χ0) is 13.0. The van der Waals surface area contributed by atoms with Crippen molar-refractivity contribution < 1.29 is 4.79 Å². The highest BCUT2D eigenvalue weighted by Crippen LogP contribution is 2.20. The molecule has 0 bridgehead atoms. The predicted octanol–water partition coefficient (Wildman–Crippen LogP) is 2.16. The number of nitrogens with zero attached hydrogens (tertiary/aromatic N) is 3. The van der Waals surface area contributed by atoms with Gasteiger partial charge in [0.25, 0.3) is 0 Å². The van der Waals surface area contributed by atoms with Crippen LogP contribution in [0, 0.1) is 11.8 Å². The summed E-state index contributed by atoms with van der Waals surface area (Å²) < 4.78 is 1.81. The molecule has 0 saturated heterocycles. The summed E-state index contributed by atoms with van der Waals surface area (Å²) in [5, 5.41) is 11.6. The van der Waals surface area contributed by atoms with E-state index in [1.54, 1.807) is 11.8 Å². The van der Waals surface area contributed by atoms with Crippen LogP contribution in [0.3, 0.4) is 0 Å². The number of carbonyl (C=O) groups is 1. The van der Waals surface area contributed by atoms with Crippen molar-refractivity contribution >= 4 is 23.6 Å². The van der Waals surface area contributed by atoms with Crippen LogP contribution < -0.4 is 5.32 Å². The second-order valence-electron chi connectivity index (χ2n) is 4.71. The SMILES string of the molecule is CC(C)CSc1nnc(NC(=O)C(C)C)n1C. The average molecular weight is 256 g/mol. The summed E-state index contributed by atoms with van der Waals surface area (Å²) in [5.74, 6) is 2.00. The molecule has 0 aliphatic heterocycles. The lowest BCUT2D eigenvalue weighted by Crippen LogP contribution is -2.20. The van der Waals surface area contributed by atoms with E-state index < -0.39 is 0 Å². The Morgan fingerprint density at radius 1 is 1.35 bits per heavy atom. The van der Waals surface area contributed by atoms with Crippen LogP contribution in [0.15, 0.2) is 5.16 Å². The second-order valence-corrected chi connectivity index (χ2v) is 5.70. The van der Waals surface area contributed by atoms with Crippen LogP contribution in [-0.4, -0.2) is 26.4 Å². The summed E-state index contributed by atoms with van der Waals surface area (Å²) >= 11 is 1.65. The van der Waals surface area contributed by atoms with Gasteiger partial charge in [0.15, 0.2) is 5.16 Å². The molecule has 0 aliphatic rings. The Labute approximate surface area is 106 Å². The zero-order valence-electron chi connectivity index (χ0n) is 11.0. The van der Waals surface area contributed by atoms with Crippen LogP contribution in [0.25, 0.3) is 0 Å². The molecule has 0 aliphatic carbocycles. The molecule has 1 aromatic rings. The third kappa shape index (κ3) is 4.03. The number of nitrogens with one attached hydrogen (secondary N) is 1. The minimum Gasteiger partial charge on any atom is -0.294 e. The molecule has 1 N–H and O–H groups in total. The molecule has 0 saturated carbocycles. The first-order valence-corrected chi connectivity index (χ1v) is 6.73. The number of aromatic nitrogens is 3. The van der Waals surface area contributed by atoms with E-state index in [2.05, 4.69) is 29.4 Å². The summed E-state index contributed by atoms with van der Waals surface area (Å²) in [6.07, 6.45) is 0. The molecule has 96 valence electrons. The van der Waals surface area contributed by atoms with Crippen LogP contribution in [0.5, 0.6) is 0 Å². The van der Waals surface area contributed by atoms with Crippen molar-refractivity contribution in [2.75, 3.05) is 11.1 Å². The average Bonchev–Trinajstić information content (AvgIpc) is 2.57. The lowest BCUT2D eigenvalue weighted by molar-refractivity contribution is -0.118. The van der Waals surface area contributed by atoms with E-state index in [9.17, 15) is 4.79 Å². The smallest absolute Gasteiger partial charge is 0.231 e. The molecule has 0 unspecified atom stereocenters. The van der Waals surface area contributed by atoms with E-state index in [1.807, 2.05) is 25.5 Å². The Morgan fingerprint density at radius 2 is 2.00 bits per heavy atom. The van der Waals surface area contributed by atoms with Crippen molar-refractivity contribution in [1.82, 2.24) is 14.8 Å². The molecule has 1 aromatic heterocycles. The van der Waals surface area contributed by atoms with E-state index in [-0.39, 0.29) is 11.8 Å². The molecule has 5 nitrogen and oxygen atoms in total. The first-order valence-electron chi connectivity index (χ1n) is 5.74. The van der Waals surface area contributed by atoms with Crippen molar-refractivity contribution in [3.63, 3.8) is 0 Å². The molecule has 6 heteroatoms. The zero-order valence-corrected chi connectivity index (χ0v) is 11.8. The van der Waals surface area contributed by atoms with Gasteiger partial charge in [-0.1, -0.05) is 39.5 Å². The topological polar surface area (TPSA) is 59.8 Å². The first-order chi connectivity index (χ1) is 7.91. The molecule has 17 heavy (non-hydrogen) atoms. The van der Waals surface area contributed by atoms with Crippen LogP contribution >= 0.6 is 11.8 Å². The van der Waals surface area contributed by atoms with Gasteiger partial charge in [0.05, 0.1) is 0 Å². The molecule has 1 amide bonds. The van der Waals surface area contributed by atoms with Gasteiger partial charge in [-0.2, -0.15) is 0 Å². The van der Waals surface area contributed by atoms with Crippen LogP contribution in [0.1, 0.15) is 27.7 Å². The summed E-state index contributed by atoms with van der Waals surface area (Å²) in [7, 11) is 1.86. The second kappa shape index (κ2) is 6.05. The Bertz CT molecular complexity index is 387. The normalized spacial score (nSPS) is 11.2. The lowest BCUT2D eigenvalue weighted by atomic mass is 10.2. The number of thioether (sulfide) groups is 1. The Morgan fingerprint density at radius 3 is 2.53 bits per heavy atom. The minimum atomic E-state index is -0.0570.